The molecule has 166 valence electrons. The van der Waals surface area contributed by atoms with E-state index in [9.17, 15) is 5.26 Å². The van der Waals surface area contributed by atoms with Crippen LogP contribution in [0.25, 0.3) is 33.5 Å². The van der Waals surface area contributed by atoms with Crippen molar-refractivity contribution >= 4 is 44.8 Å². The van der Waals surface area contributed by atoms with E-state index >= 15 is 0 Å². The molecule has 0 aliphatic heterocycles. The lowest BCUT2D eigenvalue weighted by molar-refractivity contribution is 0.620. The lowest BCUT2D eigenvalue weighted by Crippen LogP contribution is -1.93. The molecule has 0 bridgehead atoms. The Hall–Kier alpha value is -5.22. The summed E-state index contributed by atoms with van der Waals surface area (Å²) in [6, 6.07) is 27.1. The topological polar surface area (TPSA) is 99.7 Å². The fourth-order valence-corrected chi connectivity index (χ4v) is 3.94. The van der Waals surface area contributed by atoms with Crippen LogP contribution in [-0.4, -0.2) is 15.0 Å². The van der Waals surface area contributed by atoms with Gasteiger partial charge in [0.2, 0.25) is 5.89 Å². The number of hydrogen-bond donors (Lipinski definition) is 2. The minimum atomic E-state index is 0.538. The summed E-state index contributed by atoms with van der Waals surface area (Å²) >= 11 is 0. The molecule has 7 nitrogen and oxygen atoms in total. The number of nitrogens with zero attached hydrogens (tertiary/aromatic N) is 4. The van der Waals surface area contributed by atoms with Crippen LogP contribution in [0.4, 0.5) is 22.7 Å². The minimum absolute atomic E-state index is 0.538. The highest BCUT2D eigenvalue weighted by Gasteiger charge is 2.11. The largest absolute Gasteiger partial charge is 0.436 e. The van der Waals surface area contributed by atoms with Gasteiger partial charge in [0.05, 0.1) is 17.1 Å². The van der Waals surface area contributed by atoms with E-state index in [2.05, 4.69) is 31.7 Å². The van der Waals surface area contributed by atoms with Gasteiger partial charge in [-0.2, -0.15) is 5.26 Å². The lowest BCUT2D eigenvalue weighted by atomic mass is 10.1. The number of nitriles is 1. The Labute approximate surface area is 200 Å². The summed E-state index contributed by atoms with van der Waals surface area (Å²) < 4.78 is 6.10. The van der Waals surface area contributed by atoms with E-state index < -0.39 is 0 Å². The third kappa shape index (κ3) is 4.12. The summed E-state index contributed by atoms with van der Waals surface area (Å²) in [4.78, 5) is 13.1. The number of fused-ring (bicyclic) bond motifs is 2. The summed E-state index contributed by atoms with van der Waals surface area (Å²) in [6.45, 7) is 0. The van der Waals surface area contributed by atoms with Crippen LogP contribution in [-0.2, 0) is 0 Å². The number of benzene rings is 3. The van der Waals surface area contributed by atoms with Crippen molar-refractivity contribution in [2.24, 2.45) is 0 Å². The third-order valence-electron chi connectivity index (χ3n) is 5.62. The van der Waals surface area contributed by atoms with Crippen LogP contribution in [0.5, 0.6) is 0 Å². The summed E-state index contributed by atoms with van der Waals surface area (Å²) in [7, 11) is 0. The Morgan fingerprint density at radius 1 is 0.743 bits per heavy atom. The van der Waals surface area contributed by atoms with Crippen LogP contribution >= 0.6 is 0 Å². The molecule has 0 unspecified atom stereocenters. The van der Waals surface area contributed by atoms with Gasteiger partial charge in [-0.15, -0.1) is 0 Å². The molecule has 3 aromatic heterocycles. The van der Waals surface area contributed by atoms with Crippen LogP contribution in [0.1, 0.15) is 5.56 Å². The molecule has 6 aromatic rings. The van der Waals surface area contributed by atoms with E-state index in [1.165, 1.54) is 0 Å². The van der Waals surface area contributed by atoms with Gasteiger partial charge in [0, 0.05) is 58.4 Å². The zero-order valence-electron chi connectivity index (χ0n) is 18.4. The highest BCUT2D eigenvalue weighted by Crippen LogP contribution is 2.31. The maximum Gasteiger partial charge on any atom is 0.227 e. The lowest BCUT2D eigenvalue weighted by Gasteiger charge is -2.10. The third-order valence-corrected chi connectivity index (χ3v) is 5.62. The van der Waals surface area contributed by atoms with Crippen molar-refractivity contribution in [1.82, 2.24) is 15.0 Å². The molecule has 2 N–H and O–H groups in total. The first-order chi connectivity index (χ1) is 17.2. The summed E-state index contributed by atoms with van der Waals surface area (Å²) in [5.41, 5.74) is 7.34. The van der Waals surface area contributed by atoms with Crippen LogP contribution < -0.4 is 10.6 Å². The van der Waals surface area contributed by atoms with Gasteiger partial charge in [0.15, 0.2) is 5.58 Å². The highest BCUT2D eigenvalue weighted by molar-refractivity contribution is 5.94. The fraction of sp³-hybridized carbons (Fsp3) is 0. The number of oxazole rings is 1. The second-order valence-corrected chi connectivity index (χ2v) is 7.97. The van der Waals surface area contributed by atoms with Crippen molar-refractivity contribution in [2.45, 2.75) is 0 Å². The summed E-state index contributed by atoms with van der Waals surface area (Å²) in [6.07, 6.45) is 5.23. The fourth-order valence-electron chi connectivity index (χ4n) is 3.94. The number of aromatic nitrogens is 3. The van der Waals surface area contributed by atoms with Crippen molar-refractivity contribution in [3.8, 4) is 17.5 Å². The van der Waals surface area contributed by atoms with Gasteiger partial charge < -0.3 is 15.1 Å². The molecule has 35 heavy (non-hydrogen) atoms. The molecule has 0 spiro atoms. The van der Waals surface area contributed by atoms with E-state index in [1.807, 2.05) is 72.8 Å². The molecule has 0 saturated carbocycles. The number of pyridine rings is 2. The zero-order chi connectivity index (χ0) is 23.6. The van der Waals surface area contributed by atoms with E-state index in [0.717, 1.165) is 44.7 Å². The van der Waals surface area contributed by atoms with Crippen molar-refractivity contribution in [2.75, 3.05) is 10.6 Å². The van der Waals surface area contributed by atoms with Crippen LogP contribution in [0.2, 0.25) is 0 Å². The van der Waals surface area contributed by atoms with Gasteiger partial charge in [0.25, 0.3) is 0 Å². The Balaban J connectivity index is 1.30. The van der Waals surface area contributed by atoms with Crippen molar-refractivity contribution < 1.29 is 4.42 Å². The van der Waals surface area contributed by atoms with Crippen molar-refractivity contribution in [3.05, 3.63) is 103 Å². The quantitative estimate of drug-likeness (QED) is 0.295. The van der Waals surface area contributed by atoms with Gasteiger partial charge in [-0.1, -0.05) is 6.07 Å². The molecule has 0 aliphatic rings. The second kappa shape index (κ2) is 8.61. The number of rotatable bonds is 5. The number of anilines is 4. The van der Waals surface area contributed by atoms with Gasteiger partial charge in [-0.3, -0.25) is 9.97 Å². The molecule has 3 aromatic carbocycles. The van der Waals surface area contributed by atoms with Crippen LogP contribution in [0.15, 0.2) is 102 Å². The number of hydrogen-bond acceptors (Lipinski definition) is 7. The molecule has 0 radical (unpaired) electrons. The molecular formula is C28H18N6O. The standard InChI is InChI=1S/C28H18N6O/c29-17-18-4-6-24-23(14-18)25(10-13-31-24)33-21-3-1-2-19(15-21)28-34-26-7-5-22(16-27(26)35-28)32-20-8-11-30-12-9-20/h1-16H,(H,30,32)(H,31,33). The average Bonchev–Trinajstić information content (AvgIpc) is 3.33. The molecule has 0 fully saturated rings. The Kier molecular flexibility index (Phi) is 5.02. The molecule has 7 heteroatoms. The summed E-state index contributed by atoms with van der Waals surface area (Å²) in [5.74, 6) is 0.538. The average molecular weight is 454 g/mol. The maximum absolute atomic E-state index is 9.28. The smallest absolute Gasteiger partial charge is 0.227 e. The first-order valence-corrected chi connectivity index (χ1v) is 11.0. The van der Waals surface area contributed by atoms with Gasteiger partial charge >= 0.3 is 0 Å². The molecule has 6 rings (SSSR count). The van der Waals surface area contributed by atoms with E-state index in [-0.39, 0.29) is 0 Å². The van der Waals surface area contributed by atoms with Crippen LogP contribution in [0.3, 0.4) is 0 Å². The molecule has 0 amide bonds. The van der Waals surface area contributed by atoms with E-state index in [0.29, 0.717) is 17.0 Å². The Morgan fingerprint density at radius 3 is 2.49 bits per heavy atom. The van der Waals surface area contributed by atoms with E-state index in [4.69, 9.17) is 4.42 Å². The normalized spacial score (nSPS) is 10.8. The predicted octanol–water partition coefficient (Wildman–Crippen LogP) is 6.80. The monoisotopic (exact) mass is 454 g/mol. The van der Waals surface area contributed by atoms with Gasteiger partial charge in [-0.25, -0.2) is 4.98 Å². The molecule has 0 atom stereocenters. The zero-order valence-corrected chi connectivity index (χ0v) is 18.4. The van der Waals surface area contributed by atoms with Crippen LogP contribution in [0, 0.1) is 11.3 Å². The number of nitrogens with one attached hydrogen (secondary N) is 2. The highest BCUT2D eigenvalue weighted by atomic mass is 16.3. The Morgan fingerprint density at radius 2 is 1.60 bits per heavy atom. The minimum Gasteiger partial charge on any atom is -0.436 e. The Bertz CT molecular complexity index is 1720. The van der Waals surface area contributed by atoms with Crippen molar-refractivity contribution in [1.29, 1.82) is 5.26 Å². The summed E-state index contributed by atoms with van der Waals surface area (Å²) in [5, 5.41) is 16.9. The second-order valence-electron chi connectivity index (χ2n) is 7.97. The van der Waals surface area contributed by atoms with Gasteiger partial charge in [0.1, 0.15) is 5.52 Å². The first-order valence-electron chi connectivity index (χ1n) is 11.0. The maximum atomic E-state index is 9.28. The van der Waals surface area contributed by atoms with Crippen molar-refractivity contribution in [3.63, 3.8) is 0 Å². The molecule has 0 aliphatic carbocycles. The first kappa shape index (κ1) is 20.4. The van der Waals surface area contributed by atoms with E-state index in [1.54, 1.807) is 24.7 Å². The molecular weight excluding hydrogens is 436 g/mol. The molecule has 3 heterocycles. The van der Waals surface area contributed by atoms with Gasteiger partial charge in [-0.05, 0) is 66.7 Å². The predicted molar refractivity (Wildman–Crippen MR) is 137 cm³/mol. The molecule has 0 saturated heterocycles. The SMILES string of the molecule is N#Cc1ccc2nccc(Nc3cccc(-c4nc5ccc(Nc6ccncc6)cc5o4)c3)c2c1.